The third-order valence-corrected chi connectivity index (χ3v) is 3.98. The van der Waals surface area contributed by atoms with Crippen molar-refractivity contribution in [3.05, 3.63) is 54.2 Å². The average Bonchev–Trinajstić information content (AvgIpc) is 3.10. The van der Waals surface area contributed by atoms with Crippen molar-refractivity contribution >= 4 is 28.3 Å². The molecule has 0 saturated carbocycles. The maximum absolute atomic E-state index is 12.4. The molecule has 1 heterocycles. The molecule has 2 amide bonds. The van der Waals surface area contributed by atoms with Gasteiger partial charge < -0.3 is 25.1 Å². The zero-order valence-corrected chi connectivity index (χ0v) is 14.3. The van der Waals surface area contributed by atoms with Crippen LogP contribution in [-0.4, -0.2) is 31.8 Å². The van der Waals surface area contributed by atoms with Gasteiger partial charge in [-0.1, -0.05) is 6.07 Å². The SMILES string of the molecule is COCCc1cc(OC)ccc1NC(=O)Nc1cccc2[nH]ccc12. The van der Waals surface area contributed by atoms with Gasteiger partial charge in [-0.25, -0.2) is 4.79 Å². The van der Waals surface area contributed by atoms with Crippen molar-refractivity contribution in [3.8, 4) is 5.75 Å². The van der Waals surface area contributed by atoms with Gasteiger partial charge in [0.15, 0.2) is 0 Å². The van der Waals surface area contributed by atoms with Crippen LogP contribution in [0.1, 0.15) is 5.56 Å². The van der Waals surface area contributed by atoms with Gasteiger partial charge in [0.25, 0.3) is 0 Å². The Labute approximate surface area is 146 Å². The van der Waals surface area contributed by atoms with Crippen LogP contribution in [0.4, 0.5) is 16.2 Å². The van der Waals surface area contributed by atoms with E-state index in [2.05, 4.69) is 15.6 Å². The van der Waals surface area contributed by atoms with Crippen molar-refractivity contribution in [1.82, 2.24) is 4.98 Å². The lowest BCUT2D eigenvalue weighted by Gasteiger charge is -2.14. The number of aromatic amines is 1. The van der Waals surface area contributed by atoms with E-state index in [1.54, 1.807) is 14.2 Å². The molecule has 3 aromatic rings. The lowest BCUT2D eigenvalue weighted by molar-refractivity contribution is 0.202. The van der Waals surface area contributed by atoms with Crippen LogP contribution in [0.2, 0.25) is 0 Å². The number of amides is 2. The molecule has 130 valence electrons. The van der Waals surface area contributed by atoms with Crippen molar-refractivity contribution in [2.45, 2.75) is 6.42 Å². The van der Waals surface area contributed by atoms with Crippen LogP contribution in [0.3, 0.4) is 0 Å². The molecule has 0 fully saturated rings. The molecule has 0 aliphatic heterocycles. The lowest BCUT2D eigenvalue weighted by Crippen LogP contribution is -2.20. The molecule has 1 aromatic heterocycles. The Balaban J connectivity index is 1.77. The first-order valence-electron chi connectivity index (χ1n) is 8.01. The Morgan fingerprint density at radius 1 is 1.08 bits per heavy atom. The van der Waals surface area contributed by atoms with Crippen molar-refractivity contribution in [3.63, 3.8) is 0 Å². The molecule has 3 N–H and O–H groups in total. The second kappa shape index (κ2) is 7.72. The Kier molecular flexibility index (Phi) is 5.20. The van der Waals surface area contributed by atoms with E-state index in [0.717, 1.165) is 33.6 Å². The first-order valence-corrected chi connectivity index (χ1v) is 8.01. The average molecular weight is 339 g/mol. The summed E-state index contributed by atoms with van der Waals surface area (Å²) < 4.78 is 10.4. The van der Waals surface area contributed by atoms with E-state index in [4.69, 9.17) is 9.47 Å². The summed E-state index contributed by atoms with van der Waals surface area (Å²) in [4.78, 5) is 15.6. The molecule has 6 nitrogen and oxygen atoms in total. The highest BCUT2D eigenvalue weighted by molar-refractivity contribution is 6.05. The molecule has 0 spiro atoms. The zero-order valence-electron chi connectivity index (χ0n) is 14.3. The van der Waals surface area contributed by atoms with Gasteiger partial charge >= 0.3 is 6.03 Å². The van der Waals surface area contributed by atoms with Crippen LogP contribution in [0.5, 0.6) is 5.75 Å². The monoisotopic (exact) mass is 339 g/mol. The first kappa shape index (κ1) is 16.9. The summed E-state index contributed by atoms with van der Waals surface area (Å²) in [5.74, 6) is 0.745. The number of carbonyl (C=O) groups excluding carboxylic acids is 1. The maximum atomic E-state index is 12.4. The number of urea groups is 1. The van der Waals surface area contributed by atoms with Crippen LogP contribution in [0.15, 0.2) is 48.7 Å². The molecule has 0 aliphatic rings. The van der Waals surface area contributed by atoms with Gasteiger partial charge in [-0.3, -0.25) is 0 Å². The highest BCUT2D eigenvalue weighted by Gasteiger charge is 2.10. The highest BCUT2D eigenvalue weighted by Crippen LogP contribution is 2.25. The predicted molar refractivity (Wildman–Crippen MR) is 99.5 cm³/mol. The highest BCUT2D eigenvalue weighted by atomic mass is 16.5. The summed E-state index contributed by atoms with van der Waals surface area (Å²) in [7, 11) is 3.27. The summed E-state index contributed by atoms with van der Waals surface area (Å²) in [6.45, 7) is 0.562. The number of ether oxygens (including phenoxy) is 2. The normalized spacial score (nSPS) is 10.6. The van der Waals surface area contributed by atoms with Gasteiger partial charge in [-0.15, -0.1) is 0 Å². The van der Waals surface area contributed by atoms with Crippen molar-refractivity contribution < 1.29 is 14.3 Å². The van der Waals surface area contributed by atoms with Gasteiger partial charge in [0.05, 0.1) is 19.4 Å². The van der Waals surface area contributed by atoms with Crippen LogP contribution in [0.25, 0.3) is 10.9 Å². The van der Waals surface area contributed by atoms with Crippen LogP contribution >= 0.6 is 0 Å². The van der Waals surface area contributed by atoms with Crippen LogP contribution in [-0.2, 0) is 11.2 Å². The van der Waals surface area contributed by atoms with Crippen molar-refractivity contribution in [2.24, 2.45) is 0 Å². The summed E-state index contributed by atoms with van der Waals surface area (Å²) in [5, 5.41) is 6.77. The van der Waals surface area contributed by atoms with Gasteiger partial charge in [-0.05, 0) is 48.4 Å². The van der Waals surface area contributed by atoms with E-state index in [1.165, 1.54) is 0 Å². The molecule has 0 radical (unpaired) electrons. The Bertz CT molecular complexity index is 873. The first-order chi connectivity index (χ1) is 12.2. The largest absolute Gasteiger partial charge is 0.497 e. The number of aromatic nitrogens is 1. The molecule has 0 bridgehead atoms. The number of nitrogens with one attached hydrogen (secondary N) is 3. The molecular formula is C19H21N3O3. The molecule has 0 atom stereocenters. The summed E-state index contributed by atoms with van der Waals surface area (Å²) >= 11 is 0. The minimum absolute atomic E-state index is 0.294. The minimum atomic E-state index is -0.294. The summed E-state index contributed by atoms with van der Waals surface area (Å²) in [5.41, 5.74) is 3.42. The molecule has 3 rings (SSSR count). The van der Waals surface area contributed by atoms with E-state index in [-0.39, 0.29) is 6.03 Å². The maximum Gasteiger partial charge on any atom is 0.323 e. The number of rotatable bonds is 6. The summed E-state index contributed by atoms with van der Waals surface area (Å²) in [6, 6.07) is 12.9. The van der Waals surface area contributed by atoms with E-state index in [9.17, 15) is 4.79 Å². The quantitative estimate of drug-likeness (QED) is 0.635. The fraction of sp³-hybridized carbons (Fsp3) is 0.211. The van der Waals surface area contributed by atoms with Crippen LogP contribution in [0, 0.1) is 0 Å². The van der Waals surface area contributed by atoms with E-state index < -0.39 is 0 Å². The van der Waals surface area contributed by atoms with Gasteiger partial charge in [0.2, 0.25) is 0 Å². The summed E-state index contributed by atoms with van der Waals surface area (Å²) in [6.07, 6.45) is 2.52. The van der Waals surface area contributed by atoms with Crippen LogP contribution < -0.4 is 15.4 Å². The topological polar surface area (TPSA) is 75.4 Å². The van der Waals surface area contributed by atoms with Crippen molar-refractivity contribution in [1.29, 1.82) is 0 Å². The number of anilines is 2. The number of hydrogen-bond acceptors (Lipinski definition) is 3. The molecular weight excluding hydrogens is 318 g/mol. The number of methoxy groups -OCH3 is 2. The Morgan fingerprint density at radius 3 is 2.72 bits per heavy atom. The smallest absolute Gasteiger partial charge is 0.323 e. The van der Waals surface area contributed by atoms with E-state index in [0.29, 0.717) is 13.0 Å². The predicted octanol–water partition coefficient (Wildman–Crippen LogP) is 4.01. The number of fused-ring (bicyclic) bond motifs is 1. The molecule has 0 unspecified atom stereocenters. The lowest BCUT2D eigenvalue weighted by atomic mass is 10.1. The Hall–Kier alpha value is -2.99. The second-order valence-corrected chi connectivity index (χ2v) is 5.59. The fourth-order valence-corrected chi connectivity index (χ4v) is 2.71. The molecule has 0 saturated heterocycles. The minimum Gasteiger partial charge on any atom is -0.497 e. The number of hydrogen-bond donors (Lipinski definition) is 3. The van der Waals surface area contributed by atoms with E-state index >= 15 is 0 Å². The fourth-order valence-electron chi connectivity index (χ4n) is 2.71. The third-order valence-electron chi connectivity index (χ3n) is 3.98. The molecule has 6 heteroatoms. The molecule has 25 heavy (non-hydrogen) atoms. The standard InChI is InChI=1S/C19H21N3O3/c1-24-11-9-13-12-14(25-2)6-7-16(13)21-19(23)22-18-5-3-4-17-15(18)8-10-20-17/h3-8,10,12,20H,9,11H2,1-2H3,(H2,21,22,23). The second-order valence-electron chi connectivity index (χ2n) is 5.59. The van der Waals surface area contributed by atoms with Gasteiger partial charge in [-0.2, -0.15) is 0 Å². The third kappa shape index (κ3) is 3.92. The molecule has 0 aliphatic carbocycles. The zero-order chi connectivity index (χ0) is 17.6. The molecule has 2 aromatic carbocycles. The van der Waals surface area contributed by atoms with Gasteiger partial charge in [0.1, 0.15) is 5.75 Å². The number of H-pyrrole nitrogens is 1. The van der Waals surface area contributed by atoms with Gasteiger partial charge in [0, 0.05) is 29.9 Å². The number of benzene rings is 2. The van der Waals surface area contributed by atoms with Crippen molar-refractivity contribution in [2.75, 3.05) is 31.5 Å². The van der Waals surface area contributed by atoms with E-state index in [1.807, 2.05) is 48.7 Å². The number of carbonyl (C=O) groups is 1. The Morgan fingerprint density at radius 2 is 1.92 bits per heavy atom.